The number of ether oxygens (including phenoxy) is 2. The molecule has 0 aliphatic carbocycles. The van der Waals surface area contributed by atoms with Crippen LogP contribution in [-0.2, 0) is 9.47 Å². The highest BCUT2D eigenvalue weighted by atomic mass is 16.7. The van der Waals surface area contributed by atoms with E-state index in [9.17, 15) is 4.79 Å². The van der Waals surface area contributed by atoms with Crippen LogP contribution in [0.3, 0.4) is 0 Å². The molecule has 1 aromatic heterocycles. The maximum absolute atomic E-state index is 13.0. The van der Waals surface area contributed by atoms with Gasteiger partial charge in [0.25, 0.3) is 0 Å². The number of hydrogen-bond donors (Lipinski definition) is 0. The number of benzene rings is 2. The van der Waals surface area contributed by atoms with E-state index in [1.165, 1.54) is 0 Å². The number of para-hydroxylation sites is 1. The van der Waals surface area contributed by atoms with E-state index < -0.39 is 6.29 Å². The third kappa shape index (κ3) is 2.56. The summed E-state index contributed by atoms with van der Waals surface area (Å²) < 4.78 is 17.4. The minimum atomic E-state index is -0.681. The first-order chi connectivity index (χ1) is 11.3. The molecule has 4 rings (SSSR count). The first-order valence-corrected chi connectivity index (χ1v) is 7.69. The van der Waals surface area contributed by atoms with E-state index in [1.54, 1.807) is 12.1 Å². The van der Waals surface area contributed by atoms with Crippen molar-refractivity contribution in [3.8, 4) is 11.3 Å². The van der Waals surface area contributed by atoms with Gasteiger partial charge in [0.2, 0.25) is 5.43 Å². The molecule has 2 heterocycles. The number of hydrogen-bond acceptors (Lipinski definition) is 4. The van der Waals surface area contributed by atoms with Crippen molar-refractivity contribution in [2.75, 3.05) is 13.2 Å². The molecule has 3 aromatic rings. The van der Waals surface area contributed by atoms with Gasteiger partial charge < -0.3 is 13.9 Å². The first kappa shape index (κ1) is 14.2. The van der Waals surface area contributed by atoms with Crippen molar-refractivity contribution < 1.29 is 13.9 Å². The van der Waals surface area contributed by atoms with E-state index in [-0.39, 0.29) is 5.43 Å². The van der Waals surface area contributed by atoms with E-state index in [1.807, 2.05) is 42.5 Å². The minimum Gasteiger partial charge on any atom is -0.455 e. The van der Waals surface area contributed by atoms with E-state index in [2.05, 4.69) is 0 Å². The van der Waals surface area contributed by atoms with E-state index in [4.69, 9.17) is 13.9 Å². The largest absolute Gasteiger partial charge is 0.455 e. The highest BCUT2D eigenvalue weighted by Gasteiger charge is 2.27. The molecule has 2 aromatic carbocycles. The molecule has 1 fully saturated rings. The zero-order valence-electron chi connectivity index (χ0n) is 12.5. The van der Waals surface area contributed by atoms with Gasteiger partial charge in [0.05, 0.1) is 24.2 Å². The molecule has 0 N–H and O–H groups in total. The fourth-order valence-corrected chi connectivity index (χ4v) is 2.83. The molecule has 4 nitrogen and oxygen atoms in total. The maximum Gasteiger partial charge on any atom is 0.201 e. The van der Waals surface area contributed by atoms with Crippen molar-refractivity contribution in [2.45, 2.75) is 12.7 Å². The van der Waals surface area contributed by atoms with Crippen molar-refractivity contribution in [1.29, 1.82) is 0 Å². The fraction of sp³-hybridized carbons (Fsp3) is 0.211. The molecular formula is C19H16O4. The van der Waals surface area contributed by atoms with E-state index in [0.29, 0.717) is 35.5 Å². The van der Waals surface area contributed by atoms with Crippen LogP contribution in [0.5, 0.6) is 0 Å². The van der Waals surface area contributed by atoms with E-state index in [0.717, 1.165) is 12.0 Å². The Hall–Kier alpha value is -2.43. The fourth-order valence-electron chi connectivity index (χ4n) is 2.83. The molecular weight excluding hydrogens is 292 g/mol. The molecule has 1 aliphatic heterocycles. The van der Waals surface area contributed by atoms with Crippen LogP contribution >= 0.6 is 0 Å². The van der Waals surface area contributed by atoms with Gasteiger partial charge in [-0.3, -0.25) is 4.79 Å². The van der Waals surface area contributed by atoms with Crippen LogP contribution in [0.15, 0.2) is 63.8 Å². The molecule has 4 heteroatoms. The Bertz CT molecular complexity index is 877. The van der Waals surface area contributed by atoms with Gasteiger partial charge in [-0.1, -0.05) is 42.5 Å². The van der Waals surface area contributed by atoms with Crippen LogP contribution < -0.4 is 5.43 Å². The van der Waals surface area contributed by atoms with Gasteiger partial charge in [-0.25, -0.2) is 0 Å². The zero-order chi connectivity index (χ0) is 15.6. The highest BCUT2D eigenvalue weighted by molar-refractivity contribution is 5.80. The predicted molar refractivity (Wildman–Crippen MR) is 87.2 cm³/mol. The molecule has 0 unspecified atom stereocenters. The lowest BCUT2D eigenvalue weighted by molar-refractivity contribution is -0.183. The molecule has 0 spiro atoms. The lowest BCUT2D eigenvalue weighted by Crippen LogP contribution is -2.24. The lowest BCUT2D eigenvalue weighted by Gasteiger charge is -2.24. The van der Waals surface area contributed by atoms with E-state index >= 15 is 0 Å². The summed E-state index contributed by atoms with van der Waals surface area (Å²) in [6, 6.07) is 16.8. The Balaban J connectivity index is 2.00. The van der Waals surface area contributed by atoms with Crippen LogP contribution in [0.1, 0.15) is 18.3 Å². The van der Waals surface area contributed by atoms with Crippen molar-refractivity contribution in [3.63, 3.8) is 0 Å². The molecule has 0 bridgehead atoms. The first-order valence-electron chi connectivity index (χ1n) is 7.69. The van der Waals surface area contributed by atoms with Crippen molar-refractivity contribution in [2.24, 2.45) is 0 Å². The van der Waals surface area contributed by atoms with Crippen LogP contribution in [0.4, 0.5) is 0 Å². The molecule has 23 heavy (non-hydrogen) atoms. The minimum absolute atomic E-state index is 0.0994. The maximum atomic E-state index is 13.0. The Labute approximate surface area is 133 Å². The van der Waals surface area contributed by atoms with Gasteiger partial charge in [-0.05, 0) is 18.6 Å². The Morgan fingerprint density at radius 1 is 0.870 bits per heavy atom. The van der Waals surface area contributed by atoms with Gasteiger partial charge >= 0.3 is 0 Å². The molecule has 0 radical (unpaired) electrons. The summed E-state index contributed by atoms with van der Waals surface area (Å²) in [5.41, 5.74) is 1.74. The van der Waals surface area contributed by atoms with Crippen molar-refractivity contribution in [1.82, 2.24) is 0 Å². The van der Waals surface area contributed by atoms with Crippen LogP contribution in [0.25, 0.3) is 22.3 Å². The summed E-state index contributed by atoms with van der Waals surface area (Å²) in [7, 11) is 0. The van der Waals surface area contributed by atoms with Gasteiger partial charge in [-0.15, -0.1) is 0 Å². The summed E-state index contributed by atoms with van der Waals surface area (Å²) >= 11 is 0. The van der Waals surface area contributed by atoms with Gasteiger partial charge in [0, 0.05) is 5.56 Å². The third-order valence-electron chi connectivity index (χ3n) is 3.93. The monoisotopic (exact) mass is 308 g/mol. The van der Waals surface area contributed by atoms with Gasteiger partial charge in [-0.2, -0.15) is 0 Å². The summed E-state index contributed by atoms with van der Waals surface area (Å²) in [4.78, 5) is 13.0. The summed E-state index contributed by atoms with van der Waals surface area (Å²) in [5.74, 6) is 0.515. The van der Waals surface area contributed by atoms with Crippen LogP contribution in [0.2, 0.25) is 0 Å². The SMILES string of the molecule is O=c1c(C2OCCCO2)c(-c2ccccc2)oc2ccccc12. The Morgan fingerprint density at radius 3 is 2.35 bits per heavy atom. The quantitative estimate of drug-likeness (QED) is 0.720. The average Bonchev–Trinajstić information content (AvgIpc) is 2.63. The normalized spacial score (nSPS) is 15.8. The van der Waals surface area contributed by atoms with Crippen LogP contribution in [0, 0.1) is 0 Å². The summed E-state index contributed by atoms with van der Waals surface area (Å²) in [6.45, 7) is 1.15. The average molecular weight is 308 g/mol. The van der Waals surface area contributed by atoms with Gasteiger partial charge in [0.15, 0.2) is 6.29 Å². The molecule has 0 atom stereocenters. The summed E-state index contributed by atoms with van der Waals surface area (Å²) in [6.07, 6.45) is 0.149. The van der Waals surface area contributed by atoms with Crippen molar-refractivity contribution >= 4 is 11.0 Å². The lowest BCUT2D eigenvalue weighted by atomic mass is 10.0. The number of rotatable bonds is 2. The third-order valence-corrected chi connectivity index (χ3v) is 3.93. The topological polar surface area (TPSA) is 48.7 Å². The predicted octanol–water partition coefficient (Wildman–Crippen LogP) is 3.90. The second-order valence-electron chi connectivity index (χ2n) is 5.46. The summed E-state index contributed by atoms with van der Waals surface area (Å²) in [5, 5.41) is 0.542. The molecule has 1 aliphatic rings. The van der Waals surface area contributed by atoms with Gasteiger partial charge in [0.1, 0.15) is 11.3 Å². The molecule has 116 valence electrons. The standard InChI is InChI=1S/C19H16O4/c20-17-14-9-4-5-10-15(14)23-18(13-7-2-1-3-8-13)16(17)19-21-11-6-12-22-19/h1-5,7-10,19H,6,11-12H2. The molecule has 1 saturated heterocycles. The number of fused-ring (bicyclic) bond motifs is 1. The highest BCUT2D eigenvalue weighted by Crippen LogP contribution is 2.32. The van der Waals surface area contributed by atoms with Crippen molar-refractivity contribution in [3.05, 3.63) is 70.4 Å². The molecule has 0 saturated carbocycles. The zero-order valence-corrected chi connectivity index (χ0v) is 12.5. The Morgan fingerprint density at radius 2 is 1.57 bits per heavy atom. The second-order valence-corrected chi connectivity index (χ2v) is 5.46. The smallest absolute Gasteiger partial charge is 0.201 e. The Kier molecular flexibility index (Phi) is 3.69. The molecule has 0 amide bonds. The second kappa shape index (κ2) is 5.99. The van der Waals surface area contributed by atoms with Crippen LogP contribution in [-0.4, -0.2) is 13.2 Å².